The van der Waals surface area contributed by atoms with Gasteiger partial charge in [-0.3, -0.25) is 14.4 Å². The molecule has 3 rings (SSSR count). The normalized spacial score (nSPS) is 19.6. The second-order valence-corrected chi connectivity index (χ2v) is 12.7. The highest BCUT2D eigenvalue weighted by atomic mass is 16.6. The Labute approximate surface area is 238 Å². The number of carbonyl (C=O) groups is 4. The van der Waals surface area contributed by atoms with Crippen molar-refractivity contribution in [1.82, 2.24) is 10.2 Å². The summed E-state index contributed by atoms with van der Waals surface area (Å²) in [6.07, 6.45) is 3.69. The summed E-state index contributed by atoms with van der Waals surface area (Å²) in [6.45, 7) is 13.4. The van der Waals surface area contributed by atoms with Crippen molar-refractivity contribution in [3.05, 3.63) is 34.9 Å². The van der Waals surface area contributed by atoms with Crippen LogP contribution in [0, 0.1) is 12.8 Å². The van der Waals surface area contributed by atoms with E-state index in [4.69, 9.17) is 20.3 Å². The number of aryl methyl sites for hydroxylation is 1. The highest BCUT2D eigenvalue weighted by Gasteiger charge is 2.36. The van der Waals surface area contributed by atoms with Crippen LogP contribution < -0.4 is 11.1 Å². The maximum absolute atomic E-state index is 12.5. The van der Waals surface area contributed by atoms with E-state index in [1.54, 1.807) is 26.8 Å². The van der Waals surface area contributed by atoms with E-state index < -0.39 is 29.1 Å². The van der Waals surface area contributed by atoms with Gasteiger partial charge in [-0.25, -0.2) is 4.79 Å². The first kappa shape index (κ1) is 33.1. The molecule has 3 amide bonds. The molecule has 0 saturated heterocycles. The molecule has 1 heterocycles. The quantitative estimate of drug-likeness (QED) is 0.426. The Balaban J connectivity index is 0.000000305. The summed E-state index contributed by atoms with van der Waals surface area (Å²) in [4.78, 5) is 49.2. The van der Waals surface area contributed by atoms with Crippen molar-refractivity contribution in [2.24, 2.45) is 11.7 Å². The lowest BCUT2D eigenvalue weighted by Gasteiger charge is -2.29. The van der Waals surface area contributed by atoms with Crippen molar-refractivity contribution in [1.29, 1.82) is 0 Å². The maximum Gasteiger partial charge on any atom is 0.407 e. The Bertz CT molecular complexity index is 1050. The first-order chi connectivity index (χ1) is 18.5. The third kappa shape index (κ3) is 10.8. The summed E-state index contributed by atoms with van der Waals surface area (Å²) in [5.41, 5.74) is 6.96. The molecule has 10 nitrogen and oxygen atoms in total. The molecule has 1 aromatic rings. The van der Waals surface area contributed by atoms with Crippen LogP contribution in [0.5, 0.6) is 0 Å². The molecule has 0 bridgehead atoms. The summed E-state index contributed by atoms with van der Waals surface area (Å²) >= 11 is 0. The Morgan fingerprint density at radius 2 is 1.65 bits per heavy atom. The summed E-state index contributed by atoms with van der Waals surface area (Å²) < 4.78 is 10.4. The molecule has 40 heavy (non-hydrogen) atoms. The van der Waals surface area contributed by atoms with E-state index in [9.17, 15) is 19.2 Å². The molecular weight excluding hydrogens is 514 g/mol. The predicted octanol–water partition coefficient (Wildman–Crippen LogP) is 3.99. The molecule has 0 radical (unpaired) electrons. The number of fused-ring (bicyclic) bond motifs is 1. The summed E-state index contributed by atoms with van der Waals surface area (Å²) in [5.74, 6) is -0.833. The number of rotatable bonds is 7. The van der Waals surface area contributed by atoms with Gasteiger partial charge in [-0.2, -0.15) is 0 Å². The van der Waals surface area contributed by atoms with E-state index in [0.717, 1.165) is 36.8 Å². The Kier molecular flexibility index (Phi) is 11.5. The fourth-order valence-corrected chi connectivity index (χ4v) is 4.79. The number of hydrogen-bond donors (Lipinski definition) is 3. The molecule has 2 aliphatic rings. The van der Waals surface area contributed by atoms with Gasteiger partial charge in [0.05, 0.1) is 0 Å². The SMILES string of the molecule is CC(C)(C)OC(=O)NC1CCC(CO)CC1.Cc1ccc2c(c1)CN(C(CCC(=O)OC(C)(C)C)C(N)=O)C2=O. The highest BCUT2D eigenvalue weighted by Crippen LogP contribution is 2.27. The van der Waals surface area contributed by atoms with E-state index >= 15 is 0 Å². The van der Waals surface area contributed by atoms with E-state index in [2.05, 4.69) is 5.32 Å². The van der Waals surface area contributed by atoms with Crippen LogP contribution in [0.3, 0.4) is 0 Å². The third-order valence-electron chi connectivity index (χ3n) is 6.67. The highest BCUT2D eigenvalue weighted by molar-refractivity contribution is 6.01. The van der Waals surface area contributed by atoms with Crippen molar-refractivity contribution in [3.63, 3.8) is 0 Å². The summed E-state index contributed by atoms with van der Waals surface area (Å²) in [6, 6.07) is 4.94. The number of esters is 1. The topological polar surface area (TPSA) is 148 Å². The number of nitrogens with two attached hydrogens (primary N) is 1. The molecule has 1 aliphatic carbocycles. The molecule has 1 aromatic carbocycles. The van der Waals surface area contributed by atoms with Gasteiger partial charge in [0.1, 0.15) is 17.2 Å². The summed E-state index contributed by atoms with van der Waals surface area (Å²) in [5, 5.41) is 11.9. The van der Waals surface area contributed by atoms with Crippen molar-refractivity contribution < 1.29 is 33.8 Å². The largest absolute Gasteiger partial charge is 0.460 e. The Morgan fingerprint density at radius 3 is 2.17 bits per heavy atom. The van der Waals surface area contributed by atoms with Crippen LogP contribution in [0.4, 0.5) is 4.79 Å². The van der Waals surface area contributed by atoms with Gasteiger partial charge in [-0.1, -0.05) is 17.7 Å². The number of carbonyl (C=O) groups excluding carboxylic acids is 4. The standard InChI is InChI=1S/C18H24N2O4.C12H23NO3/c1-11-5-6-13-12(9-11)10-20(17(13)23)14(16(19)22)7-8-15(21)24-18(2,3)4;1-12(2,3)16-11(15)13-10-6-4-9(8-14)5-7-10/h5-6,9,14H,7-8,10H2,1-4H3,(H2,19,22);9-10,14H,4-8H2,1-3H3,(H,13,15). The average molecular weight is 562 g/mol. The Hall–Kier alpha value is -3.14. The smallest absolute Gasteiger partial charge is 0.407 e. The predicted molar refractivity (Wildman–Crippen MR) is 151 cm³/mol. The number of aliphatic hydroxyl groups is 1. The fraction of sp³-hybridized carbons (Fsp3) is 0.667. The number of nitrogens with one attached hydrogen (secondary N) is 1. The van der Waals surface area contributed by atoms with Gasteiger partial charge < -0.3 is 30.5 Å². The van der Waals surface area contributed by atoms with Gasteiger partial charge >= 0.3 is 12.1 Å². The number of aliphatic hydroxyl groups excluding tert-OH is 1. The number of hydrogen-bond acceptors (Lipinski definition) is 7. The van der Waals surface area contributed by atoms with E-state index in [-0.39, 0.29) is 37.5 Å². The fourth-order valence-electron chi connectivity index (χ4n) is 4.79. The van der Waals surface area contributed by atoms with E-state index in [0.29, 0.717) is 18.0 Å². The minimum atomic E-state index is -0.822. The van der Waals surface area contributed by atoms with Crippen LogP contribution in [0.15, 0.2) is 18.2 Å². The van der Waals surface area contributed by atoms with Crippen molar-refractivity contribution >= 4 is 23.9 Å². The number of primary amides is 1. The first-order valence-electron chi connectivity index (χ1n) is 14.0. The van der Waals surface area contributed by atoms with Crippen LogP contribution >= 0.6 is 0 Å². The van der Waals surface area contributed by atoms with Crippen LogP contribution in [0.1, 0.15) is 102 Å². The molecule has 224 valence electrons. The molecule has 1 saturated carbocycles. The Morgan fingerprint density at radius 1 is 1.05 bits per heavy atom. The molecule has 1 atom stereocenters. The van der Waals surface area contributed by atoms with Gasteiger partial charge in [0.15, 0.2) is 0 Å². The van der Waals surface area contributed by atoms with Gasteiger partial charge in [-0.15, -0.1) is 0 Å². The molecule has 1 aliphatic heterocycles. The van der Waals surface area contributed by atoms with Crippen molar-refractivity contribution in [2.45, 2.75) is 117 Å². The minimum Gasteiger partial charge on any atom is -0.460 e. The zero-order valence-electron chi connectivity index (χ0n) is 25.0. The molecule has 0 aromatic heterocycles. The lowest BCUT2D eigenvalue weighted by molar-refractivity contribution is -0.155. The zero-order valence-corrected chi connectivity index (χ0v) is 25.0. The van der Waals surface area contributed by atoms with Crippen LogP contribution in [0.2, 0.25) is 0 Å². The average Bonchev–Trinajstić information content (AvgIpc) is 3.12. The zero-order chi connectivity index (χ0) is 30.3. The lowest BCUT2D eigenvalue weighted by atomic mass is 9.87. The molecular formula is C30H47N3O7. The lowest BCUT2D eigenvalue weighted by Crippen LogP contribution is -2.45. The van der Waals surface area contributed by atoms with Gasteiger partial charge in [0.2, 0.25) is 5.91 Å². The number of ether oxygens (including phenoxy) is 2. The van der Waals surface area contributed by atoms with Crippen LogP contribution in [-0.4, -0.2) is 63.8 Å². The van der Waals surface area contributed by atoms with Gasteiger partial charge in [0.25, 0.3) is 5.91 Å². The van der Waals surface area contributed by atoms with Crippen LogP contribution in [0.25, 0.3) is 0 Å². The number of alkyl carbamates (subject to hydrolysis) is 1. The first-order valence-corrected chi connectivity index (χ1v) is 14.0. The molecule has 0 spiro atoms. The van der Waals surface area contributed by atoms with E-state index in [1.165, 1.54) is 4.90 Å². The number of benzene rings is 1. The maximum atomic E-state index is 12.5. The van der Waals surface area contributed by atoms with Crippen molar-refractivity contribution in [3.8, 4) is 0 Å². The summed E-state index contributed by atoms with van der Waals surface area (Å²) in [7, 11) is 0. The van der Waals surface area contributed by atoms with Gasteiger partial charge in [0, 0.05) is 31.2 Å². The second-order valence-electron chi connectivity index (χ2n) is 12.7. The molecule has 4 N–H and O–H groups in total. The van der Waals surface area contributed by atoms with Crippen LogP contribution in [-0.2, 0) is 25.6 Å². The third-order valence-corrected chi connectivity index (χ3v) is 6.67. The molecule has 10 heteroatoms. The second kappa shape index (κ2) is 14.0. The van der Waals surface area contributed by atoms with Gasteiger partial charge in [-0.05, 0) is 98.1 Å². The number of amides is 3. The van der Waals surface area contributed by atoms with Crippen molar-refractivity contribution in [2.75, 3.05) is 6.61 Å². The number of nitrogens with zero attached hydrogens (tertiary/aromatic N) is 1. The monoisotopic (exact) mass is 561 g/mol. The molecule has 1 fully saturated rings. The van der Waals surface area contributed by atoms with E-state index in [1.807, 2.05) is 39.8 Å². The minimum absolute atomic E-state index is 0.0318. The molecule has 1 unspecified atom stereocenters.